The van der Waals surface area contributed by atoms with Gasteiger partial charge in [-0.05, 0) is 94.0 Å². The summed E-state index contributed by atoms with van der Waals surface area (Å²) in [5.41, 5.74) is 2.06. The first-order valence-corrected chi connectivity index (χ1v) is 14.8. The quantitative estimate of drug-likeness (QED) is 0.208. The first kappa shape index (κ1) is 32.7. The summed E-state index contributed by atoms with van der Waals surface area (Å²) in [5, 5.41) is 26.4. The molecule has 236 valence electrons. The van der Waals surface area contributed by atoms with Crippen molar-refractivity contribution in [3.8, 4) is 23.3 Å². The number of alkyl carbamates (subject to hydrolysis) is 1. The van der Waals surface area contributed by atoms with Crippen LogP contribution in [0.5, 0.6) is 17.2 Å². The first-order chi connectivity index (χ1) is 21.5. The summed E-state index contributed by atoms with van der Waals surface area (Å²) in [4.78, 5) is 36.2. The van der Waals surface area contributed by atoms with Crippen LogP contribution < -0.4 is 25.4 Å². The summed E-state index contributed by atoms with van der Waals surface area (Å²) in [6.45, 7) is 5.96. The molecule has 3 amide bonds. The fraction of sp³-hybridized carbons (Fsp3) is 0.353. The average Bonchev–Trinajstić information content (AvgIpc) is 2.99. The maximum absolute atomic E-state index is 13.3. The van der Waals surface area contributed by atoms with E-state index in [9.17, 15) is 14.4 Å². The van der Waals surface area contributed by atoms with Gasteiger partial charge in [0.15, 0.2) is 0 Å². The van der Waals surface area contributed by atoms with Gasteiger partial charge in [-0.25, -0.2) is 9.59 Å². The molecule has 0 aromatic heterocycles. The highest BCUT2D eigenvalue weighted by molar-refractivity contribution is 5.95. The Bertz CT molecular complexity index is 1520. The third-order valence-electron chi connectivity index (χ3n) is 7.02. The van der Waals surface area contributed by atoms with E-state index in [4.69, 9.17) is 24.6 Å². The normalized spacial score (nSPS) is 16.0. The van der Waals surface area contributed by atoms with E-state index in [1.165, 1.54) is 0 Å². The SMILES string of the molecule is CC(C)(C)OC(=O)NCc1ccc(COc2cc(Oc3ccc(C#N)cc3)cc(C(=O)NC3CCC(NC(=O)O)CC3)c2)cc1. The fourth-order valence-electron chi connectivity index (χ4n) is 4.81. The molecule has 0 unspecified atom stereocenters. The van der Waals surface area contributed by atoms with Gasteiger partial charge < -0.3 is 35.3 Å². The number of carbonyl (C=O) groups is 3. The van der Waals surface area contributed by atoms with Gasteiger partial charge in [-0.15, -0.1) is 0 Å². The summed E-state index contributed by atoms with van der Waals surface area (Å²) in [5.74, 6) is 1.02. The average molecular weight is 615 g/mol. The molecule has 1 fully saturated rings. The van der Waals surface area contributed by atoms with Crippen LogP contribution in [0.2, 0.25) is 0 Å². The number of hydrogen-bond donors (Lipinski definition) is 4. The highest BCUT2D eigenvalue weighted by atomic mass is 16.6. The number of hydrogen-bond acceptors (Lipinski definition) is 7. The van der Waals surface area contributed by atoms with Crippen molar-refractivity contribution in [2.24, 2.45) is 0 Å². The first-order valence-electron chi connectivity index (χ1n) is 14.8. The van der Waals surface area contributed by atoms with Crippen LogP contribution in [0.15, 0.2) is 66.7 Å². The second-order valence-corrected chi connectivity index (χ2v) is 11.9. The van der Waals surface area contributed by atoms with E-state index in [1.807, 2.05) is 24.3 Å². The van der Waals surface area contributed by atoms with Crippen molar-refractivity contribution in [3.05, 3.63) is 89.0 Å². The van der Waals surface area contributed by atoms with E-state index in [2.05, 4.69) is 22.0 Å². The van der Waals surface area contributed by atoms with Crippen molar-refractivity contribution >= 4 is 18.1 Å². The fourth-order valence-corrected chi connectivity index (χ4v) is 4.81. The molecule has 0 bridgehead atoms. The van der Waals surface area contributed by atoms with Crippen LogP contribution in [0.4, 0.5) is 9.59 Å². The molecule has 0 saturated heterocycles. The van der Waals surface area contributed by atoms with Gasteiger partial charge in [0.2, 0.25) is 0 Å². The van der Waals surface area contributed by atoms with Gasteiger partial charge in [-0.1, -0.05) is 24.3 Å². The Hall–Kier alpha value is -5.24. The monoisotopic (exact) mass is 614 g/mol. The maximum atomic E-state index is 13.3. The molecular formula is C34H38N4O7. The molecule has 0 radical (unpaired) electrons. The molecule has 0 aliphatic heterocycles. The zero-order valence-corrected chi connectivity index (χ0v) is 25.6. The van der Waals surface area contributed by atoms with Crippen molar-refractivity contribution in [2.45, 2.75) is 77.3 Å². The molecule has 4 N–H and O–H groups in total. The standard InChI is InChI=1S/C34H38N4O7/c1-34(2,3)45-33(42)36-20-23-4-6-24(7-5-23)21-43-29-16-25(17-30(18-29)44-28-14-8-22(19-35)9-15-28)31(39)37-26-10-12-27(13-11-26)38-32(40)41/h4-9,14-18,26-27,38H,10-13,20-21H2,1-3H3,(H,36,42)(H,37,39)(H,40,41). The predicted molar refractivity (Wildman–Crippen MR) is 166 cm³/mol. The second-order valence-electron chi connectivity index (χ2n) is 11.9. The van der Waals surface area contributed by atoms with Crippen molar-refractivity contribution in [3.63, 3.8) is 0 Å². The molecule has 1 aliphatic rings. The molecule has 1 saturated carbocycles. The molecule has 1 aliphatic carbocycles. The van der Waals surface area contributed by atoms with Crippen LogP contribution in [-0.2, 0) is 17.9 Å². The van der Waals surface area contributed by atoms with Crippen LogP contribution >= 0.6 is 0 Å². The van der Waals surface area contributed by atoms with E-state index in [-0.39, 0.29) is 24.6 Å². The highest BCUT2D eigenvalue weighted by Crippen LogP contribution is 2.29. The minimum atomic E-state index is -1.04. The Labute approximate surface area is 262 Å². The second kappa shape index (κ2) is 15.0. The van der Waals surface area contributed by atoms with Crippen molar-refractivity contribution < 1.29 is 33.7 Å². The lowest BCUT2D eigenvalue weighted by Crippen LogP contribution is -2.43. The third kappa shape index (κ3) is 10.8. The Morgan fingerprint density at radius 1 is 0.844 bits per heavy atom. The minimum absolute atomic E-state index is 0.0832. The molecule has 0 heterocycles. The lowest BCUT2D eigenvalue weighted by Gasteiger charge is -2.29. The van der Waals surface area contributed by atoms with Crippen LogP contribution in [0.25, 0.3) is 0 Å². The smallest absolute Gasteiger partial charge is 0.407 e. The van der Waals surface area contributed by atoms with E-state index >= 15 is 0 Å². The van der Waals surface area contributed by atoms with E-state index in [0.717, 1.165) is 11.1 Å². The number of nitrogens with one attached hydrogen (secondary N) is 3. The van der Waals surface area contributed by atoms with E-state index < -0.39 is 17.8 Å². The van der Waals surface area contributed by atoms with Crippen LogP contribution in [0, 0.1) is 11.3 Å². The summed E-state index contributed by atoms with van der Waals surface area (Å²) in [6, 6.07) is 21.1. The summed E-state index contributed by atoms with van der Waals surface area (Å²) >= 11 is 0. The van der Waals surface area contributed by atoms with Gasteiger partial charge in [0.25, 0.3) is 5.91 Å². The van der Waals surface area contributed by atoms with E-state index in [1.54, 1.807) is 63.2 Å². The zero-order chi connectivity index (χ0) is 32.4. The lowest BCUT2D eigenvalue weighted by molar-refractivity contribution is 0.0523. The maximum Gasteiger partial charge on any atom is 0.407 e. The molecule has 11 heteroatoms. The largest absolute Gasteiger partial charge is 0.489 e. The number of carboxylic acid groups (broad SMARTS) is 1. The predicted octanol–water partition coefficient (Wildman–Crippen LogP) is 6.26. The Kier molecular flexibility index (Phi) is 10.9. The molecule has 11 nitrogen and oxygen atoms in total. The Balaban J connectivity index is 1.42. The van der Waals surface area contributed by atoms with Gasteiger partial charge >= 0.3 is 12.2 Å². The van der Waals surface area contributed by atoms with Gasteiger partial charge in [0.1, 0.15) is 29.5 Å². The van der Waals surface area contributed by atoms with Crippen molar-refractivity contribution in [1.29, 1.82) is 5.26 Å². The number of benzene rings is 3. The summed E-state index contributed by atoms with van der Waals surface area (Å²) in [6.07, 6.45) is 1.07. The number of carbonyl (C=O) groups excluding carboxylic acids is 2. The number of amides is 3. The molecular weight excluding hydrogens is 576 g/mol. The summed E-state index contributed by atoms with van der Waals surface area (Å²) in [7, 11) is 0. The Morgan fingerprint density at radius 3 is 2.04 bits per heavy atom. The molecule has 3 aromatic rings. The molecule has 0 atom stereocenters. The number of rotatable bonds is 10. The highest BCUT2D eigenvalue weighted by Gasteiger charge is 2.24. The van der Waals surface area contributed by atoms with Crippen molar-refractivity contribution in [2.75, 3.05) is 0 Å². The van der Waals surface area contributed by atoms with Gasteiger partial charge in [0.05, 0.1) is 11.6 Å². The number of nitrogens with zero attached hydrogens (tertiary/aromatic N) is 1. The Morgan fingerprint density at radius 2 is 1.44 bits per heavy atom. The molecule has 3 aromatic carbocycles. The van der Waals surface area contributed by atoms with Crippen LogP contribution in [-0.4, -0.2) is 40.9 Å². The molecule has 0 spiro atoms. The number of nitriles is 1. The van der Waals surface area contributed by atoms with Gasteiger partial charge in [-0.2, -0.15) is 5.26 Å². The lowest BCUT2D eigenvalue weighted by atomic mass is 9.91. The summed E-state index contributed by atoms with van der Waals surface area (Å²) < 4.78 is 17.4. The van der Waals surface area contributed by atoms with Crippen LogP contribution in [0.1, 0.15) is 73.5 Å². The third-order valence-corrected chi connectivity index (χ3v) is 7.02. The van der Waals surface area contributed by atoms with Gasteiger partial charge in [0, 0.05) is 30.3 Å². The molecule has 4 rings (SSSR count). The van der Waals surface area contributed by atoms with Gasteiger partial charge in [-0.3, -0.25) is 4.79 Å². The van der Waals surface area contributed by atoms with Crippen LogP contribution in [0.3, 0.4) is 0 Å². The zero-order valence-electron chi connectivity index (χ0n) is 25.6. The minimum Gasteiger partial charge on any atom is -0.489 e. The molecule has 45 heavy (non-hydrogen) atoms. The van der Waals surface area contributed by atoms with E-state index in [0.29, 0.717) is 60.6 Å². The topological polar surface area (TPSA) is 159 Å². The van der Waals surface area contributed by atoms with Crippen molar-refractivity contribution in [1.82, 2.24) is 16.0 Å². The number of ether oxygens (including phenoxy) is 3.